The number of hydrogen-bond acceptors (Lipinski definition) is 3. The quantitative estimate of drug-likeness (QED) is 0.618. The van der Waals surface area contributed by atoms with Gasteiger partial charge in [0, 0.05) is 12.5 Å². The number of hydrogen-bond donors (Lipinski definition) is 1. The Morgan fingerprint density at radius 3 is 2.70 bits per heavy atom. The van der Waals surface area contributed by atoms with Crippen LogP contribution in [-0.4, -0.2) is 18.4 Å². The fourth-order valence-electron chi connectivity index (χ4n) is 0.937. The average Bonchev–Trinajstić information content (AvgIpc) is 2.36. The molecule has 0 aromatic heterocycles. The lowest BCUT2D eigenvalue weighted by atomic mass is 9.99. The SMILES string of the molecule is CC(C)[C@H](N)C1=NOCC1. The summed E-state index contributed by atoms with van der Waals surface area (Å²) in [5, 5.41) is 3.85. The molecule has 1 heterocycles. The topological polar surface area (TPSA) is 47.6 Å². The van der Waals surface area contributed by atoms with Gasteiger partial charge in [-0.3, -0.25) is 0 Å². The van der Waals surface area contributed by atoms with Crippen LogP contribution in [0.2, 0.25) is 0 Å². The lowest BCUT2D eigenvalue weighted by Gasteiger charge is -2.12. The van der Waals surface area contributed by atoms with E-state index in [4.69, 9.17) is 10.6 Å². The monoisotopic (exact) mass is 142 g/mol. The normalized spacial score (nSPS) is 20.6. The van der Waals surface area contributed by atoms with Crippen molar-refractivity contribution in [2.24, 2.45) is 16.8 Å². The molecule has 1 rings (SSSR count). The van der Waals surface area contributed by atoms with Gasteiger partial charge in [0.05, 0.1) is 5.71 Å². The fourth-order valence-corrected chi connectivity index (χ4v) is 0.937. The molecule has 0 aromatic rings. The zero-order valence-corrected chi connectivity index (χ0v) is 6.50. The van der Waals surface area contributed by atoms with Crippen LogP contribution in [0.3, 0.4) is 0 Å². The average molecular weight is 142 g/mol. The minimum atomic E-state index is 0.0856. The first kappa shape index (κ1) is 7.54. The second-order valence-electron chi connectivity index (χ2n) is 2.94. The number of nitrogens with two attached hydrogens (primary N) is 1. The van der Waals surface area contributed by atoms with E-state index >= 15 is 0 Å². The molecule has 0 bridgehead atoms. The van der Waals surface area contributed by atoms with Crippen LogP contribution in [-0.2, 0) is 4.84 Å². The third kappa shape index (κ3) is 1.48. The molecule has 0 saturated carbocycles. The van der Waals surface area contributed by atoms with Gasteiger partial charge in [-0.05, 0) is 5.92 Å². The van der Waals surface area contributed by atoms with Gasteiger partial charge in [0.1, 0.15) is 6.61 Å². The maximum atomic E-state index is 5.81. The maximum Gasteiger partial charge on any atom is 0.122 e. The predicted octanol–water partition coefficient (Wildman–Crippen LogP) is 0.746. The van der Waals surface area contributed by atoms with Crippen molar-refractivity contribution in [1.82, 2.24) is 0 Å². The highest BCUT2D eigenvalue weighted by atomic mass is 16.6. The molecule has 1 atom stereocenters. The smallest absolute Gasteiger partial charge is 0.122 e. The van der Waals surface area contributed by atoms with Crippen LogP contribution in [0, 0.1) is 5.92 Å². The van der Waals surface area contributed by atoms with E-state index in [1.54, 1.807) is 0 Å². The van der Waals surface area contributed by atoms with E-state index in [2.05, 4.69) is 19.0 Å². The van der Waals surface area contributed by atoms with E-state index < -0.39 is 0 Å². The Kier molecular flexibility index (Phi) is 2.27. The summed E-state index contributed by atoms with van der Waals surface area (Å²) in [6, 6.07) is 0.0856. The fraction of sp³-hybridized carbons (Fsp3) is 0.857. The lowest BCUT2D eigenvalue weighted by Crippen LogP contribution is -2.34. The largest absolute Gasteiger partial charge is 0.395 e. The molecular formula is C7H14N2O. The predicted molar refractivity (Wildman–Crippen MR) is 40.8 cm³/mol. The molecule has 3 nitrogen and oxygen atoms in total. The summed E-state index contributed by atoms with van der Waals surface area (Å²) in [5.41, 5.74) is 6.82. The second kappa shape index (κ2) is 3.01. The van der Waals surface area contributed by atoms with Crippen molar-refractivity contribution >= 4 is 5.71 Å². The van der Waals surface area contributed by atoms with Crippen molar-refractivity contribution in [3.63, 3.8) is 0 Å². The molecular weight excluding hydrogens is 128 g/mol. The van der Waals surface area contributed by atoms with Gasteiger partial charge in [-0.1, -0.05) is 19.0 Å². The summed E-state index contributed by atoms with van der Waals surface area (Å²) < 4.78 is 0. The van der Waals surface area contributed by atoms with Gasteiger partial charge in [0.15, 0.2) is 0 Å². The van der Waals surface area contributed by atoms with Gasteiger partial charge in [-0.25, -0.2) is 0 Å². The van der Waals surface area contributed by atoms with Crippen LogP contribution >= 0.6 is 0 Å². The highest BCUT2D eigenvalue weighted by Crippen LogP contribution is 2.08. The summed E-state index contributed by atoms with van der Waals surface area (Å²) in [4.78, 5) is 4.84. The molecule has 58 valence electrons. The minimum Gasteiger partial charge on any atom is -0.395 e. The van der Waals surface area contributed by atoms with E-state index in [1.165, 1.54) is 0 Å². The van der Waals surface area contributed by atoms with E-state index in [9.17, 15) is 0 Å². The zero-order chi connectivity index (χ0) is 7.56. The van der Waals surface area contributed by atoms with E-state index in [0.717, 1.165) is 12.1 Å². The standard InChI is InChI=1S/C7H14N2O/c1-5(2)7(8)6-3-4-10-9-6/h5,7H,3-4,8H2,1-2H3/t7-/m0/s1. The van der Waals surface area contributed by atoms with Gasteiger partial charge < -0.3 is 10.6 Å². The Hall–Kier alpha value is -0.570. The van der Waals surface area contributed by atoms with Crippen molar-refractivity contribution in [1.29, 1.82) is 0 Å². The highest BCUT2D eigenvalue weighted by molar-refractivity contribution is 5.90. The van der Waals surface area contributed by atoms with Crippen LogP contribution < -0.4 is 5.73 Å². The van der Waals surface area contributed by atoms with Crippen LogP contribution in [0.4, 0.5) is 0 Å². The Morgan fingerprint density at radius 1 is 1.60 bits per heavy atom. The van der Waals surface area contributed by atoms with Gasteiger partial charge in [0.25, 0.3) is 0 Å². The molecule has 0 radical (unpaired) electrons. The van der Waals surface area contributed by atoms with Crippen molar-refractivity contribution in [3.8, 4) is 0 Å². The third-order valence-corrected chi connectivity index (χ3v) is 1.73. The van der Waals surface area contributed by atoms with E-state index in [-0.39, 0.29) is 6.04 Å². The molecule has 2 N–H and O–H groups in total. The van der Waals surface area contributed by atoms with E-state index in [0.29, 0.717) is 12.5 Å². The highest BCUT2D eigenvalue weighted by Gasteiger charge is 2.18. The Morgan fingerprint density at radius 2 is 2.30 bits per heavy atom. The summed E-state index contributed by atoms with van der Waals surface area (Å²) >= 11 is 0. The zero-order valence-electron chi connectivity index (χ0n) is 6.50. The Labute approximate surface area is 61.2 Å². The van der Waals surface area contributed by atoms with Crippen molar-refractivity contribution < 1.29 is 4.84 Å². The van der Waals surface area contributed by atoms with Gasteiger partial charge in [-0.15, -0.1) is 0 Å². The molecule has 0 amide bonds. The van der Waals surface area contributed by atoms with Crippen molar-refractivity contribution in [2.45, 2.75) is 26.3 Å². The first-order valence-electron chi connectivity index (χ1n) is 3.66. The molecule has 0 fully saturated rings. The molecule has 0 aromatic carbocycles. The van der Waals surface area contributed by atoms with Crippen LogP contribution in [0.1, 0.15) is 20.3 Å². The molecule has 1 aliphatic rings. The number of nitrogens with zero attached hydrogens (tertiary/aromatic N) is 1. The summed E-state index contributed by atoms with van der Waals surface area (Å²) in [6.45, 7) is 4.88. The van der Waals surface area contributed by atoms with Crippen LogP contribution in [0.25, 0.3) is 0 Å². The Balaban J connectivity index is 2.47. The number of rotatable bonds is 2. The third-order valence-electron chi connectivity index (χ3n) is 1.73. The molecule has 10 heavy (non-hydrogen) atoms. The Bertz CT molecular complexity index is 143. The first-order chi connectivity index (χ1) is 4.72. The van der Waals surface area contributed by atoms with Crippen molar-refractivity contribution in [3.05, 3.63) is 0 Å². The minimum absolute atomic E-state index is 0.0856. The second-order valence-corrected chi connectivity index (χ2v) is 2.94. The lowest BCUT2D eigenvalue weighted by molar-refractivity contribution is 0.173. The van der Waals surface area contributed by atoms with Gasteiger partial charge in [-0.2, -0.15) is 0 Å². The molecule has 0 spiro atoms. The molecule has 1 aliphatic heterocycles. The van der Waals surface area contributed by atoms with Gasteiger partial charge in [0.2, 0.25) is 0 Å². The van der Waals surface area contributed by atoms with Crippen LogP contribution in [0.5, 0.6) is 0 Å². The summed E-state index contributed by atoms with van der Waals surface area (Å²) in [5.74, 6) is 0.459. The summed E-state index contributed by atoms with van der Waals surface area (Å²) in [7, 11) is 0. The number of oxime groups is 1. The summed E-state index contributed by atoms with van der Waals surface area (Å²) in [6.07, 6.45) is 0.902. The maximum absolute atomic E-state index is 5.81. The molecule has 0 unspecified atom stereocenters. The van der Waals surface area contributed by atoms with Crippen molar-refractivity contribution in [2.75, 3.05) is 6.61 Å². The van der Waals surface area contributed by atoms with Gasteiger partial charge >= 0.3 is 0 Å². The molecule has 0 saturated heterocycles. The first-order valence-corrected chi connectivity index (χ1v) is 3.66. The molecule has 0 aliphatic carbocycles. The molecule has 3 heteroatoms. The van der Waals surface area contributed by atoms with E-state index in [1.807, 2.05) is 0 Å². The van der Waals surface area contributed by atoms with Crippen LogP contribution in [0.15, 0.2) is 5.16 Å².